The van der Waals surface area contributed by atoms with E-state index in [1.807, 2.05) is 78.9 Å². The number of fused-ring (bicyclic) bond motifs is 1. The number of benzene rings is 3. The van der Waals surface area contributed by atoms with E-state index in [2.05, 4.69) is 5.32 Å². The first-order chi connectivity index (χ1) is 17.6. The fraction of sp³-hybridized carbons (Fsp3) is 0. The van der Waals surface area contributed by atoms with Gasteiger partial charge in [-0.25, -0.2) is 9.48 Å². The van der Waals surface area contributed by atoms with Crippen molar-refractivity contribution in [1.82, 2.24) is 15.1 Å². The summed E-state index contributed by atoms with van der Waals surface area (Å²) in [5, 5.41) is 8.76. The second-order valence-corrected chi connectivity index (χ2v) is 8.55. The van der Waals surface area contributed by atoms with Crippen LogP contribution < -0.4 is 15.8 Å². The molecule has 1 fully saturated rings. The highest BCUT2D eigenvalue weighted by Crippen LogP contribution is 2.28. The monoisotopic (exact) mass is 490 g/mol. The first-order valence-electron chi connectivity index (χ1n) is 11.2. The van der Waals surface area contributed by atoms with Gasteiger partial charge in [-0.05, 0) is 54.7 Å². The summed E-state index contributed by atoms with van der Waals surface area (Å²) in [6.45, 7) is 0. The van der Waals surface area contributed by atoms with Gasteiger partial charge in [0, 0.05) is 17.1 Å². The van der Waals surface area contributed by atoms with E-state index in [9.17, 15) is 9.59 Å². The van der Waals surface area contributed by atoms with Gasteiger partial charge in [0.05, 0.1) is 16.9 Å². The van der Waals surface area contributed by atoms with Crippen LogP contribution >= 0.6 is 12.2 Å². The Balaban J connectivity index is 1.50. The molecule has 0 aliphatic carbocycles. The van der Waals surface area contributed by atoms with Crippen molar-refractivity contribution >= 4 is 46.0 Å². The minimum absolute atomic E-state index is 0.277. The number of amides is 1. The third-order valence-electron chi connectivity index (χ3n) is 5.85. The lowest BCUT2D eigenvalue weighted by atomic mass is 10.1. The lowest BCUT2D eigenvalue weighted by Gasteiger charge is -2.13. The van der Waals surface area contributed by atoms with E-state index in [1.54, 1.807) is 29.1 Å². The summed E-state index contributed by atoms with van der Waals surface area (Å²) in [4.78, 5) is 27.7. The molecule has 2 aromatic heterocycles. The zero-order valence-electron chi connectivity index (χ0n) is 18.8. The number of aromatic nitrogens is 2. The number of anilines is 1. The summed E-state index contributed by atoms with van der Waals surface area (Å²) in [5.74, 6) is -0.296. The zero-order valence-corrected chi connectivity index (χ0v) is 19.6. The van der Waals surface area contributed by atoms with E-state index in [0.717, 1.165) is 11.1 Å². The van der Waals surface area contributed by atoms with Crippen molar-refractivity contribution < 1.29 is 9.21 Å². The Morgan fingerprint density at radius 3 is 2.28 bits per heavy atom. The average Bonchev–Trinajstić information content (AvgIpc) is 3.44. The lowest BCUT2D eigenvalue weighted by molar-refractivity contribution is -0.113. The Bertz CT molecular complexity index is 1720. The Morgan fingerprint density at radius 2 is 1.53 bits per heavy atom. The van der Waals surface area contributed by atoms with Crippen molar-refractivity contribution in [2.75, 3.05) is 4.90 Å². The minimum Gasteiger partial charge on any atom is -0.422 e. The van der Waals surface area contributed by atoms with E-state index in [4.69, 9.17) is 21.7 Å². The van der Waals surface area contributed by atoms with Gasteiger partial charge in [-0.3, -0.25) is 9.69 Å². The van der Waals surface area contributed by atoms with Crippen LogP contribution in [0.15, 0.2) is 112 Å². The van der Waals surface area contributed by atoms with Gasteiger partial charge in [0.1, 0.15) is 17.0 Å². The van der Waals surface area contributed by atoms with Gasteiger partial charge in [-0.1, -0.05) is 54.6 Å². The Morgan fingerprint density at radius 1 is 0.861 bits per heavy atom. The summed E-state index contributed by atoms with van der Waals surface area (Å²) >= 11 is 5.44. The van der Waals surface area contributed by atoms with Crippen LogP contribution in [0.2, 0.25) is 0 Å². The van der Waals surface area contributed by atoms with Crippen molar-refractivity contribution in [2.24, 2.45) is 0 Å². The maximum absolute atomic E-state index is 13.3. The maximum Gasteiger partial charge on any atom is 0.345 e. The minimum atomic E-state index is -0.515. The molecule has 1 aliphatic rings. The molecule has 6 rings (SSSR count). The number of nitrogens with one attached hydrogen (secondary N) is 1. The molecule has 0 atom stereocenters. The van der Waals surface area contributed by atoms with Crippen LogP contribution in [0.1, 0.15) is 5.56 Å². The zero-order chi connectivity index (χ0) is 24.6. The largest absolute Gasteiger partial charge is 0.422 e. The number of rotatable bonds is 4. The molecule has 1 saturated heterocycles. The fourth-order valence-corrected chi connectivity index (χ4v) is 4.44. The van der Waals surface area contributed by atoms with E-state index in [0.29, 0.717) is 28.1 Å². The van der Waals surface area contributed by atoms with Crippen molar-refractivity contribution in [3.05, 3.63) is 119 Å². The average molecular weight is 491 g/mol. The molecule has 8 heteroatoms. The van der Waals surface area contributed by atoms with E-state index in [-0.39, 0.29) is 16.7 Å². The molecular weight excluding hydrogens is 472 g/mol. The van der Waals surface area contributed by atoms with Gasteiger partial charge < -0.3 is 9.73 Å². The fourth-order valence-electron chi connectivity index (χ4n) is 4.14. The van der Waals surface area contributed by atoms with Crippen LogP contribution in [0.3, 0.4) is 0 Å². The highest BCUT2D eigenvalue weighted by molar-refractivity contribution is 7.80. The van der Waals surface area contributed by atoms with Gasteiger partial charge in [0.25, 0.3) is 5.91 Å². The smallest absolute Gasteiger partial charge is 0.345 e. The lowest BCUT2D eigenvalue weighted by Crippen LogP contribution is -2.30. The second kappa shape index (κ2) is 8.75. The molecule has 0 radical (unpaired) electrons. The molecule has 0 saturated carbocycles. The third kappa shape index (κ3) is 3.79. The molecule has 1 amide bonds. The van der Waals surface area contributed by atoms with Crippen LogP contribution in [0.25, 0.3) is 34.0 Å². The molecule has 7 nitrogen and oxygen atoms in total. The molecule has 1 aliphatic heterocycles. The molecule has 0 bridgehead atoms. The molecule has 1 N–H and O–H groups in total. The molecule has 0 unspecified atom stereocenters. The van der Waals surface area contributed by atoms with Crippen molar-refractivity contribution in [2.45, 2.75) is 0 Å². The van der Waals surface area contributed by atoms with Crippen LogP contribution in [0.5, 0.6) is 0 Å². The van der Waals surface area contributed by atoms with Gasteiger partial charge in [0.2, 0.25) is 0 Å². The molecule has 5 aromatic rings. The number of thiocarbonyl (C=S) groups is 1. The van der Waals surface area contributed by atoms with E-state index in [1.165, 1.54) is 4.90 Å². The highest BCUT2D eigenvalue weighted by Gasteiger charge is 2.32. The predicted octanol–water partition coefficient (Wildman–Crippen LogP) is 4.91. The number of carbonyl (C=O) groups excluding carboxylic acids is 1. The standard InChI is InChI=1S/C28H18N4O3S/c33-26-23(29-28(36)32(26)21-12-5-2-6-13-21)16-19-17-31(20-10-3-1-4-11-20)30-25(19)22-15-18-9-7-8-14-24(18)35-27(22)34/h1-17H,(H,29,36)/b23-16+. The molecule has 0 spiro atoms. The SMILES string of the molecule is O=C1/C(=C\c2cn(-c3ccccc3)nc2-c2cc3ccccc3oc2=O)NC(=S)N1c1ccccc1. The summed E-state index contributed by atoms with van der Waals surface area (Å²) in [6.07, 6.45) is 3.43. The van der Waals surface area contributed by atoms with Gasteiger partial charge in [0.15, 0.2) is 5.11 Å². The number of hydrogen-bond donors (Lipinski definition) is 1. The number of nitrogens with zero attached hydrogens (tertiary/aromatic N) is 3. The maximum atomic E-state index is 13.3. The molecule has 3 aromatic carbocycles. The predicted molar refractivity (Wildman–Crippen MR) is 143 cm³/mol. The molecule has 36 heavy (non-hydrogen) atoms. The molecular formula is C28H18N4O3S. The topological polar surface area (TPSA) is 80.4 Å². The van der Waals surface area contributed by atoms with Gasteiger partial charge >= 0.3 is 5.63 Å². The normalized spacial score (nSPS) is 14.6. The second-order valence-electron chi connectivity index (χ2n) is 8.16. The number of carbonyl (C=O) groups is 1. The van der Waals surface area contributed by atoms with Crippen LogP contribution in [0, 0.1) is 0 Å². The van der Waals surface area contributed by atoms with Crippen molar-refractivity contribution in [3.8, 4) is 16.9 Å². The van der Waals surface area contributed by atoms with Crippen LogP contribution in [-0.4, -0.2) is 20.8 Å². The number of hydrogen-bond acceptors (Lipinski definition) is 5. The first kappa shape index (κ1) is 21.7. The quantitative estimate of drug-likeness (QED) is 0.219. The summed E-state index contributed by atoms with van der Waals surface area (Å²) in [7, 11) is 0. The van der Waals surface area contributed by atoms with Crippen LogP contribution in [-0.2, 0) is 4.79 Å². The van der Waals surface area contributed by atoms with Crippen molar-refractivity contribution in [3.63, 3.8) is 0 Å². The summed E-state index contributed by atoms with van der Waals surface area (Å²) in [5.41, 5.74) is 2.98. The Kier molecular flexibility index (Phi) is 5.28. The Hall–Kier alpha value is -4.82. The summed E-state index contributed by atoms with van der Waals surface area (Å²) < 4.78 is 7.23. The van der Waals surface area contributed by atoms with E-state index < -0.39 is 5.63 Å². The molecule has 3 heterocycles. The summed E-state index contributed by atoms with van der Waals surface area (Å²) in [6, 6.07) is 27.7. The third-order valence-corrected chi connectivity index (χ3v) is 6.14. The first-order valence-corrected chi connectivity index (χ1v) is 11.6. The van der Waals surface area contributed by atoms with Gasteiger partial charge in [-0.15, -0.1) is 0 Å². The highest BCUT2D eigenvalue weighted by atomic mass is 32.1. The van der Waals surface area contributed by atoms with E-state index >= 15 is 0 Å². The van der Waals surface area contributed by atoms with Crippen LogP contribution in [0.4, 0.5) is 5.69 Å². The number of para-hydroxylation sites is 3. The molecule has 174 valence electrons. The van der Waals surface area contributed by atoms with Gasteiger partial charge in [-0.2, -0.15) is 5.10 Å². The Labute approximate surface area is 210 Å². The van der Waals surface area contributed by atoms with Crippen molar-refractivity contribution in [1.29, 1.82) is 0 Å².